The second kappa shape index (κ2) is 5.97. The Morgan fingerprint density at radius 3 is 2.11 bits per heavy atom. The molecule has 0 aromatic heterocycles. The van der Waals surface area contributed by atoms with Gasteiger partial charge in [0.1, 0.15) is 11.7 Å². The molecule has 104 valence electrons. The Kier molecular flexibility index (Phi) is 4.83. The van der Waals surface area contributed by atoms with Gasteiger partial charge in [-0.2, -0.15) is 0 Å². The summed E-state index contributed by atoms with van der Waals surface area (Å²) in [6, 6.07) is 5.67. The lowest BCUT2D eigenvalue weighted by molar-refractivity contribution is -0.147. The van der Waals surface area contributed by atoms with Crippen molar-refractivity contribution in [3.63, 3.8) is 0 Å². The Balaban J connectivity index is 3.12. The van der Waals surface area contributed by atoms with Gasteiger partial charge in [0, 0.05) is 6.26 Å². The molecule has 1 aromatic carbocycles. The first-order valence-corrected chi connectivity index (χ1v) is 7.63. The molecule has 1 aromatic rings. The van der Waals surface area contributed by atoms with Crippen molar-refractivity contribution in [1.29, 1.82) is 0 Å². The number of hydrogen-bond acceptors (Lipinski definition) is 5. The lowest BCUT2D eigenvalue weighted by atomic mass is 9.96. The number of benzene rings is 1. The van der Waals surface area contributed by atoms with Crippen LogP contribution in [-0.2, 0) is 24.2 Å². The Hall–Kier alpha value is -1.69. The van der Waals surface area contributed by atoms with Gasteiger partial charge in [-0.1, -0.05) is 12.1 Å². The molecule has 1 rings (SSSR count). The molecule has 0 spiro atoms. The smallest absolute Gasteiger partial charge is 0.320 e. The predicted molar refractivity (Wildman–Crippen MR) is 69.6 cm³/mol. The molecule has 1 unspecified atom stereocenters. The van der Waals surface area contributed by atoms with Crippen LogP contribution in [-0.4, -0.2) is 33.0 Å². The van der Waals surface area contributed by atoms with Gasteiger partial charge < -0.3 is 4.74 Å². The molecule has 0 aliphatic rings. The lowest BCUT2D eigenvalue weighted by Gasteiger charge is -2.13. The van der Waals surface area contributed by atoms with Gasteiger partial charge >= 0.3 is 5.97 Å². The zero-order chi connectivity index (χ0) is 14.6. The van der Waals surface area contributed by atoms with E-state index in [4.69, 9.17) is 4.74 Å². The summed E-state index contributed by atoms with van der Waals surface area (Å²) in [5.41, 5.74) is 0.429. The molecule has 0 aliphatic heterocycles. The highest BCUT2D eigenvalue weighted by Gasteiger charge is 2.26. The van der Waals surface area contributed by atoms with E-state index in [1.54, 1.807) is 6.92 Å². The lowest BCUT2D eigenvalue weighted by Crippen LogP contribution is -2.22. The van der Waals surface area contributed by atoms with Crippen molar-refractivity contribution in [2.45, 2.75) is 24.7 Å². The Labute approximate surface area is 112 Å². The third-order valence-electron chi connectivity index (χ3n) is 2.57. The quantitative estimate of drug-likeness (QED) is 0.602. The van der Waals surface area contributed by atoms with Crippen molar-refractivity contribution in [2.24, 2.45) is 0 Å². The number of ketones is 1. The van der Waals surface area contributed by atoms with Crippen LogP contribution in [0.2, 0.25) is 0 Å². The first-order valence-electron chi connectivity index (χ1n) is 5.74. The van der Waals surface area contributed by atoms with E-state index in [9.17, 15) is 18.0 Å². The minimum atomic E-state index is -3.30. The molecule has 0 amide bonds. The molecule has 19 heavy (non-hydrogen) atoms. The van der Waals surface area contributed by atoms with Crippen molar-refractivity contribution in [3.8, 4) is 0 Å². The molecule has 0 fully saturated rings. The van der Waals surface area contributed by atoms with Crippen LogP contribution in [0, 0.1) is 0 Å². The highest BCUT2D eigenvalue weighted by molar-refractivity contribution is 7.90. The fourth-order valence-electron chi connectivity index (χ4n) is 1.67. The summed E-state index contributed by atoms with van der Waals surface area (Å²) in [5, 5.41) is 0. The van der Waals surface area contributed by atoms with Gasteiger partial charge in [0.15, 0.2) is 9.84 Å². The Bertz CT molecular complexity index is 572. The molecule has 0 radical (unpaired) electrons. The van der Waals surface area contributed by atoms with Crippen LogP contribution in [0.15, 0.2) is 29.2 Å². The third-order valence-corrected chi connectivity index (χ3v) is 3.70. The average molecular weight is 284 g/mol. The van der Waals surface area contributed by atoms with Crippen LogP contribution < -0.4 is 0 Å². The number of hydrogen-bond donors (Lipinski definition) is 0. The van der Waals surface area contributed by atoms with Gasteiger partial charge in [-0.3, -0.25) is 9.59 Å². The van der Waals surface area contributed by atoms with Crippen molar-refractivity contribution >= 4 is 21.6 Å². The predicted octanol–water partition coefficient (Wildman–Crippen LogP) is 1.33. The van der Waals surface area contributed by atoms with Crippen LogP contribution in [0.5, 0.6) is 0 Å². The van der Waals surface area contributed by atoms with Gasteiger partial charge in [0.2, 0.25) is 0 Å². The summed E-state index contributed by atoms with van der Waals surface area (Å²) in [7, 11) is -3.30. The van der Waals surface area contributed by atoms with E-state index in [0.29, 0.717) is 5.56 Å². The molecule has 1 atom stereocenters. The second-order valence-electron chi connectivity index (χ2n) is 4.14. The van der Waals surface area contributed by atoms with Crippen LogP contribution in [0.1, 0.15) is 25.3 Å². The number of carbonyl (C=O) groups excluding carboxylic acids is 2. The zero-order valence-corrected chi connectivity index (χ0v) is 11.9. The molecular formula is C13H16O5S. The minimum Gasteiger partial charge on any atom is -0.465 e. The number of esters is 1. The monoisotopic (exact) mass is 284 g/mol. The largest absolute Gasteiger partial charge is 0.465 e. The SMILES string of the molecule is CCOC(=O)C(C(C)=O)c1ccc(S(C)(=O)=O)cc1. The number of sulfone groups is 1. The van der Waals surface area contributed by atoms with Gasteiger partial charge in [-0.05, 0) is 31.5 Å². The first kappa shape index (κ1) is 15.4. The maximum atomic E-state index is 11.7. The van der Waals surface area contributed by atoms with Crippen LogP contribution >= 0.6 is 0 Å². The van der Waals surface area contributed by atoms with E-state index in [2.05, 4.69) is 0 Å². The summed E-state index contributed by atoms with van der Waals surface area (Å²) in [6.07, 6.45) is 1.09. The van der Waals surface area contributed by atoms with Crippen molar-refractivity contribution in [2.75, 3.05) is 12.9 Å². The first-order chi connectivity index (χ1) is 8.77. The summed E-state index contributed by atoms with van der Waals surface area (Å²) >= 11 is 0. The zero-order valence-electron chi connectivity index (χ0n) is 11.0. The summed E-state index contributed by atoms with van der Waals surface area (Å²) in [4.78, 5) is 23.4. The summed E-state index contributed by atoms with van der Waals surface area (Å²) in [5.74, 6) is -1.97. The topological polar surface area (TPSA) is 77.5 Å². The maximum absolute atomic E-state index is 11.7. The standard InChI is InChI=1S/C13H16O5S/c1-4-18-13(15)12(9(2)14)10-5-7-11(8-6-10)19(3,16)17/h5-8,12H,4H2,1-3H3. The fourth-order valence-corrected chi connectivity index (χ4v) is 2.30. The van der Waals surface area contributed by atoms with Crippen LogP contribution in [0.4, 0.5) is 0 Å². The molecule has 0 aliphatic carbocycles. The van der Waals surface area contributed by atoms with E-state index < -0.39 is 21.7 Å². The van der Waals surface area contributed by atoms with E-state index in [0.717, 1.165) is 6.26 Å². The average Bonchev–Trinajstić information content (AvgIpc) is 2.28. The van der Waals surface area contributed by atoms with Crippen molar-refractivity contribution in [3.05, 3.63) is 29.8 Å². The van der Waals surface area contributed by atoms with Crippen molar-refractivity contribution in [1.82, 2.24) is 0 Å². The fraction of sp³-hybridized carbons (Fsp3) is 0.385. The summed E-state index contributed by atoms with van der Waals surface area (Å²) < 4.78 is 27.5. The summed E-state index contributed by atoms with van der Waals surface area (Å²) in [6.45, 7) is 3.14. The number of rotatable bonds is 5. The van der Waals surface area contributed by atoms with Crippen LogP contribution in [0.3, 0.4) is 0 Å². The van der Waals surface area contributed by atoms with Crippen LogP contribution in [0.25, 0.3) is 0 Å². The second-order valence-corrected chi connectivity index (χ2v) is 6.15. The van der Waals surface area contributed by atoms with E-state index in [-0.39, 0.29) is 17.3 Å². The van der Waals surface area contributed by atoms with Gasteiger partial charge in [0.05, 0.1) is 11.5 Å². The van der Waals surface area contributed by atoms with Gasteiger partial charge in [0.25, 0.3) is 0 Å². The van der Waals surface area contributed by atoms with Gasteiger partial charge in [-0.15, -0.1) is 0 Å². The number of ether oxygens (including phenoxy) is 1. The maximum Gasteiger partial charge on any atom is 0.320 e. The molecule has 0 saturated heterocycles. The molecular weight excluding hydrogens is 268 g/mol. The Morgan fingerprint density at radius 2 is 1.74 bits per heavy atom. The molecule has 0 heterocycles. The highest BCUT2D eigenvalue weighted by atomic mass is 32.2. The van der Waals surface area contributed by atoms with E-state index in [1.165, 1.54) is 31.2 Å². The van der Waals surface area contributed by atoms with E-state index >= 15 is 0 Å². The minimum absolute atomic E-state index is 0.141. The normalized spacial score (nSPS) is 12.8. The Morgan fingerprint density at radius 1 is 1.21 bits per heavy atom. The highest BCUT2D eigenvalue weighted by Crippen LogP contribution is 2.21. The molecule has 0 N–H and O–H groups in total. The molecule has 6 heteroatoms. The number of Topliss-reactive ketones (excluding diaryl/α,β-unsaturated/α-hetero) is 1. The number of carbonyl (C=O) groups is 2. The molecule has 0 saturated carbocycles. The van der Waals surface area contributed by atoms with Crippen molar-refractivity contribution < 1.29 is 22.7 Å². The van der Waals surface area contributed by atoms with Gasteiger partial charge in [-0.25, -0.2) is 8.42 Å². The molecule has 0 bridgehead atoms. The molecule has 5 nitrogen and oxygen atoms in total. The van der Waals surface area contributed by atoms with E-state index in [1.807, 2.05) is 0 Å². The third kappa shape index (κ3) is 3.89.